The number of carbonyl (C=O) groups is 1. The van der Waals surface area contributed by atoms with Crippen molar-refractivity contribution in [2.24, 2.45) is 0 Å². The second-order valence-electron chi connectivity index (χ2n) is 9.94. The summed E-state index contributed by atoms with van der Waals surface area (Å²) in [5.41, 5.74) is 0.0227. The van der Waals surface area contributed by atoms with Gasteiger partial charge in [-0.15, -0.1) is 0 Å². The highest BCUT2D eigenvalue weighted by molar-refractivity contribution is 7.74. The van der Waals surface area contributed by atoms with Gasteiger partial charge in [0.25, 0.3) is 0 Å². The number of benzene rings is 2. The van der Waals surface area contributed by atoms with Gasteiger partial charge in [-0.25, -0.2) is 4.79 Å². The predicted molar refractivity (Wildman–Crippen MR) is 148 cm³/mol. The summed E-state index contributed by atoms with van der Waals surface area (Å²) in [4.78, 5) is 13.6. The molecule has 35 heavy (non-hydrogen) atoms. The highest BCUT2D eigenvalue weighted by Gasteiger charge is 2.42. The molecule has 196 valence electrons. The second-order valence-corrected chi connectivity index (χ2v) is 10.5. The van der Waals surface area contributed by atoms with E-state index < -0.39 is 22.7 Å². The number of hydrogen-bond acceptors (Lipinski definition) is 3. The van der Waals surface area contributed by atoms with Crippen LogP contribution >= 0.6 is 0 Å². The lowest BCUT2D eigenvalue weighted by Gasteiger charge is -2.33. The Bertz CT molecular complexity index is 872. The Morgan fingerprint density at radius 2 is 1.23 bits per heavy atom. The Morgan fingerprint density at radius 3 is 1.77 bits per heavy atom. The van der Waals surface area contributed by atoms with E-state index in [4.69, 9.17) is 4.18 Å². The van der Waals surface area contributed by atoms with Crippen LogP contribution in [0.1, 0.15) is 122 Å². The number of fused-ring (bicyclic) bond motifs is 1. The molecule has 0 aromatic heterocycles. The lowest BCUT2D eigenvalue weighted by Crippen LogP contribution is -2.38. The van der Waals surface area contributed by atoms with E-state index in [-0.39, 0.29) is 0 Å². The Balaban J connectivity index is 2.27. The largest absolute Gasteiger partial charge is 0.360 e. The number of rotatable bonds is 19. The quantitative estimate of drug-likeness (QED) is 0.154. The van der Waals surface area contributed by atoms with Crippen molar-refractivity contribution >= 4 is 28.1 Å². The van der Waals surface area contributed by atoms with E-state index >= 15 is 0 Å². The van der Waals surface area contributed by atoms with Gasteiger partial charge in [-0.05, 0) is 29.2 Å². The van der Waals surface area contributed by atoms with Crippen molar-refractivity contribution in [3.05, 3.63) is 48.0 Å². The van der Waals surface area contributed by atoms with Gasteiger partial charge in [-0.2, -0.15) is 4.21 Å². The van der Waals surface area contributed by atoms with Crippen LogP contribution in [-0.4, -0.2) is 14.7 Å². The summed E-state index contributed by atoms with van der Waals surface area (Å²) >= 11 is -2.62. The maximum absolute atomic E-state index is 13.6. The number of hydrogen-bond donors (Lipinski definition) is 1. The van der Waals surface area contributed by atoms with E-state index in [1.165, 1.54) is 51.4 Å². The highest BCUT2D eigenvalue weighted by Crippen LogP contribution is 2.41. The van der Waals surface area contributed by atoms with Gasteiger partial charge in [0.05, 0.1) is 5.41 Å². The third kappa shape index (κ3) is 9.69. The predicted octanol–water partition coefficient (Wildman–Crippen LogP) is 9.04. The maximum atomic E-state index is 13.6. The van der Waals surface area contributed by atoms with Crippen LogP contribution in [0.3, 0.4) is 0 Å². The zero-order valence-corrected chi connectivity index (χ0v) is 22.8. The molecule has 4 nitrogen and oxygen atoms in total. The molecular formula is C30H46O4S. The number of unbranched alkanes of at least 4 members (excludes halogenated alkanes) is 12. The van der Waals surface area contributed by atoms with Crippen molar-refractivity contribution in [1.82, 2.24) is 0 Å². The molecule has 2 aromatic rings. The Labute approximate surface area is 215 Å². The zero-order chi connectivity index (χ0) is 25.4. The van der Waals surface area contributed by atoms with Crippen molar-refractivity contribution in [2.75, 3.05) is 0 Å². The molecule has 1 atom stereocenters. The first kappa shape index (κ1) is 29.5. The molecule has 0 amide bonds. The molecule has 0 spiro atoms. The van der Waals surface area contributed by atoms with Crippen LogP contribution in [-0.2, 0) is 25.8 Å². The van der Waals surface area contributed by atoms with Crippen molar-refractivity contribution < 1.29 is 17.7 Å². The van der Waals surface area contributed by atoms with Crippen LogP contribution in [0.4, 0.5) is 0 Å². The van der Waals surface area contributed by atoms with Gasteiger partial charge in [-0.3, -0.25) is 4.55 Å². The average Bonchev–Trinajstić information content (AvgIpc) is 2.85. The van der Waals surface area contributed by atoms with E-state index in [1.54, 1.807) is 0 Å². The van der Waals surface area contributed by atoms with Gasteiger partial charge in [0.1, 0.15) is 0 Å². The highest BCUT2D eigenvalue weighted by atomic mass is 32.2. The van der Waals surface area contributed by atoms with E-state index in [1.807, 2.05) is 24.3 Å². The fraction of sp³-hybridized carbons (Fsp3) is 0.633. The van der Waals surface area contributed by atoms with E-state index in [2.05, 4.69) is 32.0 Å². The van der Waals surface area contributed by atoms with Gasteiger partial charge >= 0.3 is 17.3 Å². The fourth-order valence-electron chi connectivity index (χ4n) is 5.26. The van der Waals surface area contributed by atoms with Crippen LogP contribution in [0.15, 0.2) is 42.5 Å². The lowest BCUT2D eigenvalue weighted by molar-refractivity contribution is -0.141. The minimum Gasteiger partial charge on any atom is -0.342 e. The third-order valence-corrected chi connectivity index (χ3v) is 7.55. The first-order chi connectivity index (χ1) is 17.0. The first-order valence-electron chi connectivity index (χ1n) is 13.9. The molecule has 0 aliphatic heterocycles. The van der Waals surface area contributed by atoms with Crippen molar-refractivity contribution in [3.8, 4) is 0 Å². The van der Waals surface area contributed by atoms with Crippen LogP contribution in [0.25, 0.3) is 10.8 Å². The van der Waals surface area contributed by atoms with Crippen molar-refractivity contribution in [2.45, 2.75) is 122 Å². The lowest BCUT2D eigenvalue weighted by atomic mass is 9.71. The van der Waals surface area contributed by atoms with Gasteiger partial charge in [-0.1, -0.05) is 146 Å². The molecule has 0 fully saturated rings. The summed E-state index contributed by atoms with van der Waals surface area (Å²) in [5.74, 6) is -0.563. The monoisotopic (exact) mass is 502 g/mol. The van der Waals surface area contributed by atoms with Crippen molar-refractivity contribution in [1.29, 1.82) is 0 Å². The summed E-state index contributed by atoms with van der Waals surface area (Å²) in [6, 6.07) is 14.2. The molecule has 0 radical (unpaired) electrons. The molecule has 2 rings (SSSR count). The smallest absolute Gasteiger partial charge is 0.342 e. The van der Waals surface area contributed by atoms with E-state index in [0.717, 1.165) is 54.9 Å². The normalized spacial score (nSPS) is 12.7. The third-order valence-electron chi connectivity index (χ3n) is 7.26. The Hall–Kier alpha value is -1.72. The van der Waals surface area contributed by atoms with Gasteiger partial charge < -0.3 is 4.18 Å². The van der Waals surface area contributed by atoms with Gasteiger partial charge in [0.15, 0.2) is 0 Å². The number of carbonyl (C=O) groups excluding carboxylic acids is 1. The molecule has 0 aliphatic rings. The Morgan fingerprint density at radius 1 is 0.743 bits per heavy atom. The zero-order valence-electron chi connectivity index (χ0n) is 21.9. The Kier molecular flexibility index (Phi) is 14.2. The van der Waals surface area contributed by atoms with Crippen LogP contribution in [0.2, 0.25) is 0 Å². The SMILES string of the molecule is CCCCCCCCCC(CCCCCCCCC)(C(=O)OS(=O)O)c1cccc2ccccc12. The summed E-state index contributed by atoms with van der Waals surface area (Å²) in [7, 11) is 0. The topological polar surface area (TPSA) is 63.6 Å². The first-order valence-corrected chi connectivity index (χ1v) is 14.9. The molecule has 2 aromatic carbocycles. The maximum Gasteiger partial charge on any atom is 0.360 e. The summed E-state index contributed by atoms with van der Waals surface area (Å²) < 4.78 is 26.1. The van der Waals surface area contributed by atoms with E-state index in [9.17, 15) is 13.6 Å². The molecule has 1 unspecified atom stereocenters. The molecular weight excluding hydrogens is 456 g/mol. The summed E-state index contributed by atoms with van der Waals surface area (Å²) in [6.07, 6.45) is 17.5. The van der Waals surface area contributed by atoms with Crippen molar-refractivity contribution in [3.63, 3.8) is 0 Å². The summed E-state index contributed by atoms with van der Waals surface area (Å²) in [6.45, 7) is 4.44. The second kappa shape index (κ2) is 16.9. The van der Waals surface area contributed by atoms with Gasteiger partial charge in [0.2, 0.25) is 0 Å². The summed E-state index contributed by atoms with van der Waals surface area (Å²) in [5, 5.41) is 2.10. The molecule has 1 N–H and O–H groups in total. The molecule has 0 aliphatic carbocycles. The molecule has 5 heteroatoms. The van der Waals surface area contributed by atoms with Crippen LogP contribution < -0.4 is 0 Å². The average molecular weight is 503 g/mol. The molecule has 0 saturated carbocycles. The molecule has 0 saturated heterocycles. The van der Waals surface area contributed by atoms with Crippen LogP contribution in [0.5, 0.6) is 0 Å². The van der Waals surface area contributed by atoms with E-state index in [0.29, 0.717) is 12.8 Å². The standard InChI is InChI=1S/C30H46O4S/c1-3-5-7-9-11-13-17-24-30(29(31)34-35(32)33,25-18-14-12-10-8-6-4-2)28-23-19-21-26-20-15-16-22-27(26)28/h15-16,19-23H,3-14,17-18,24-25H2,1-2H3,(H,32,33). The van der Waals surface area contributed by atoms with Crippen LogP contribution in [0, 0.1) is 0 Å². The fourth-order valence-corrected chi connectivity index (χ4v) is 5.55. The minimum absolute atomic E-state index is 0.563. The minimum atomic E-state index is -2.62. The van der Waals surface area contributed by atoms with Gasteiger partial charge in [0, 0.05) is 0 Å². The molecule has 0 heterocycles. The molecule has 0 bridgehead atoms.